The van der Waals surface area contributed by atoms with Gasteiger partial charge in [-0.15, -0.1) is 0 Å². The first-order valence-corrected chi connectivity index (χ1v) is 10.1. The van der Waals surface area contributed by atoms with E-state index in [-0.39, 0.29) is 29.8 Å². The Morgan fingerprint density at radius 1 is 1.26 bits per heavy atom. The van der Waals surface area contributed by atoms with E-state index in [2.05, 4.69) is 5.32 Å². The fraction of sp³-hybridized carbons (Fsp3) is 0.619. The summed E-state index contributed by atoms with van der Waals surface area (Å²) < 4.78 is 11.6. The summed E-state index contributed by atoms with van der Waals surface area (Å²) in [7, 11) is 0. The summed E-state index contributed by atoms with van der Waals surface area (Å²) in [4.78, 5) is 27.1. The van der Waals surface area contributed by atoms with E-state index >= 15 is 0 Å². The Morgan fingerprint density at radius 2 is 2.07 bits per heavy atom. The summed E-state index contributed by atoms with van der Waals surface area (Å²) in [5, 5.41) is 3.03. The maximum Gasteiger partial charge on any atom is 0.229 e. The van der Waals surface area contributed by atoms with Crippen LogP contribution in [0, 0.1) is 11.8 Å². The second-order valence-corrected chi connectivity index (χ2v) is 7.91. The van der Waals surface area contributed by atoms with Crippen molar-refractivity contribution in [2.45, 2.75) is 52.1 Å². The summed E-state index contributed by atoms with van der Waals surface area (Å²) in [6.45, 7) is 5.79. The van der Waals surface area contributed by atoms with Crippen molar-refractivity contribution >= 4 is 17.5 Å². The van der Waals surface area contributed by atoms with Gasteiger partial charge in [-0.2, -0.15) is 0 Å². The highest BCUT2D eigenvalue weighted by Gasteiger charge is 2.37. The molecule has 2 aliphatic heterocycles. The van der Waals surface area contributed by atoms with Crippen LogP contribution in [0.2, 0.25) is 0 Å². The van der Waals surface area contributed by atoms with Crippen LogP contribution in [0.1, 0.15) is 45.1 Å². The molecule has 0 radical (unpaired) electrons. The number of rotatable bonds is 5. The SMILES string of the molecule is CCOc1cc2c(cc1NC(=O)[C@H]1CCCN(C(=O)C3CC3)C1)O[C@H](C)C2. The van der Waals surface area contributed by atoms with Crippen molar-refractivity contribution in [2.75, 3.05) is 25.0 Å². The standard InChI is InChI=1S/C21H28N2O4/c1-3-26-19-10-16-9-13(2)27-18(16)11-17(19)22-20(24)15-5-4-8-23(12-15)21(25)14-6-7-14/h10-11,13-15H,3-9,12H2,1-2H3,(H,22,24)/t13-,15+/m1/s1. The van der Waals surface area contributed by atoms with Crippen molar-refractivity contribution in [3.05, 3.63) is 17.7 Å². The van der Waals surface area contributed by atoms with Gasteiger partial charge in [-0.3, -0.25) is 9.59 Å². The van der Waals surface area contributed by atoms with E-state index < -0.39 is 0 Å². The molecule has 2 fully saturated rings. The van der Waals surface area contributed by atoms with Crippen LogP contribution in [0.15, 0.2) is 12.1 Å². The Balaban J connectivity index is 1.47. The fourth-order valence-corrected chi connectivity index (χ4v) is 4.03. The number of ether oxygens (including phenoxy) is 2. The highest BCUT2D eigenvalue weighted by atomic mass is 16.5. The van der Waals surface area contributed by atoms with Crippen molar-refractivity contribution < 1.29 is 19.1 Å². The number of likely N-dealkylation sites (tertiary alicyclic amines) is 1. The number of benzene rings is 1. The van der Waals surface area contributed by atoms with E-state index in [9.17, 15) is 9.59 Å². The van der Waals surface area contributed by atoms with Crippen molar-refractivity contribution in [3.63, 3.8) is 0 Å². The van der Waals surface area contributed by atoms with E-state index in [1.54, 1.807) is 0 Å². The Hall–Kier alpha value is -2.24. The lowest BCUT2D eigenvalue weighted by Gasteiger charge is -2.32. The molecule has 6 heteroatoms. The third kappa shape index (κ3) is 3.89. The van der Waals surface area contributed by atoms with Crippen molar-refractivity contribution in [1.82, 2.24) is 4.90 Å². The Kier molecular flexibility index (Phi) is 4.98. The average Bonchev–Trinajstić information content (AvgIpc) is 3.44. The molecule has 1 saturated carbocycles. The average molecular weight is 372 g/mol. The van der Waals surface area contributed by atoms with Gasteiger partial charge >= 0.3 is 0 Å². The van der Waals surface area contributed by atoms with Crippen LogP contribution in [0.25, 0.3) is 0 Å². The molecule has 146 valence electrons. The van der Waals surface area contributed by atoms with Crippen LogP contribution in [-0.4, -0.2) is 42.5 Å². The second kappa shape index (κ2) is 7.41. The number of amides is 2. The minimum atomic E-state index is -0.177. The predicted molar refractivity (Wildman–Crippen MR) is 102 cm³/mol. The van der Waals surface area contributed by atoms with Crippen LogP contribution >= 0.6 is 0 Å². The van der Waals surface area contributed by atoms with Crippen LogP contribution in [0.3, 0.4) is 0 Å². The van der Waals surface area contributed by atoms with E-state index in [0.717, 1.165) is 50.0 Å². The lowest BCUT2D eigenvalue weighted by molar-refractivity contribution is -0.135. The number of anilines is 1. The monoisotopic (exact) mass is 372 g/mol. The maximum absolute atomic E-state index is 12.9. The van der Waals surface area contributed by atoms with Crippen LogP contribution < -0.4 is 14.8 Å². The highest BCUT2D eigenvalue weighted by molar-refractivity contribution is 5.95. The van der Waals surface area contributed by atoms with Gasteiger partial charge < -0.3 is 19.7 Å². The minimum Gasteiger partial charge on any atom is -0.492 e. The summed E-state index contributed by atoms with van der Waals surface area (Å²) in [5.74, 6) is 1.70. The molecule has 1 aromatic rings. The van der Waals surface area contributed by atoms with Gasteiger partial charge in [-0.05, 0) is 45.6 Å². The lowest BCUT2D eigenvalue weighted by Crippen LogP contribution is -2.44. The molecule has 1 N–H and O–H groups in total. The van der Waals surface area contributed by atoms with Crippen molar-refractivity contribution in [2.24, 2.45) is 11.8 Å². The predicted octanol–water partition coefficient (Wildman–Crippen LogP) is 3.00. The van der Waals surface area contributed by atoms with Crippen molar-refractivity contribution in [1.29, 1.82) is 0 Å². The summed E-state index contributed by atoms with van der Waals surface area (Å²) >= 11 is 0. The largest absolute Gasteiger partial charge is 0.492 e. The van der Waals surface area contributed by atoms with E-state index in [1.165, 1.54) is 0 Å². The fourth-order valence-electron chi connectivity index (χ4n) is 4.03. The number of carbonyl (C=O) groups excluding carboxylic acids is 2. The topological polar surface area (TPSA) is 67.9 Å². The minimum absolute atomic E-state index is 0.0461. The molecule has 1 saturated heterocycles. The highest BCUT2D eigenvalue weighted by Crippen LogP contribution is 2.38. The van der Waals surface area contributed by atoms with Crippen molar-refractivity contribution in [3.8, 4) is 11.5 Å². The van der Waals surface area contributed by atoms with Gasteiger partial charge in [0.05, 0.1) is 18.2 Å². The zero-order valence-electron chi connectivity index (χ0n) is 16.1. The molecule has 0 unspecified atom stereocenters. The first-order chi connectivity index (χ1) is 13.0. The zero-order valence-corrected chi connectivity index (χ0v) is 16.1. The molecule has 3 aliphatic rings. The van der Waals surface area contributed by atoms with Gasteiger partial charge in [0.25, 0.3) is 0 Å². The number of fused-ring (bicyclic) bond motifs is 1. The molecule has 1 aromatic carbocycles. The maximum atomic E-state index is 12.9. The Labute approximate surface area is 160 Å². The molecule has 0 spiro atoms. The molecular weight excluding hydrogens is 344 g/mol. The van der Waals surface area contributed by atoms with Gasteiger partial charge in [-0.1, -0.05) is 0 Å². The van der Waals surface area contributed by atoms with Crippen LogP contribution in [-0.2, 0) is 16.0 Å². The number of nitrogens with zero attached hydrogens (tertiary/aromatic N) is 1. The molecule has 6 nitrogen and oxygen atoms in total. The molecule has 1 aliphatic carbocycles. The molecule has 0 bridgehead atoms. The number of piperidine rings is 1. The first kappa shape index (κ1) is 18.1. The van der Waals surface area contributed by atoms with E-state index in [1.807, 2.05) is 30.9 Å². The van der Waals surface area contributed by atoms with Gasteiger partial charge in [0, 0.05) is 37.1 Å². The first-order valence-electron chi connectivity index (χ1n) is 10.1. The number of hydrogen-bond acceptors (Lipinski definition) is 4. The van der Waals surface area contributed by atoms with Crippen LogP contribution in [0.5, 0.6) is 11.5 Å². The summed E-state index contributed by atoms with van der Waals surface area (Å²) in [6, 6.07) is 3.85. The van der Waals surface area contributed by atoms with Gasteiger partial charge in [0.1, 0.15) is 17.6 Å². The quantitative estimate of drug-likeness (QED) is 0.863. The molecule has 2 amide bonds. The number of carbonyl (C=O) groups is 2. The van der Waals surface area contributed by atoms with E-state index in [0.29, 0.717) is 24.6 Å². The van der Waals surface area contributed by atoms with Gasteiger partial charge in [0.15, 0.2) is 0 Å². The molecule has 0 aromatic heterocycles. The number of nitrogens with one attached hydrogen (secondary N) is 1. The summed E-state index contributed by atoms with van der Waals surface area (Å²) in [6.07, 6.45) is 4.67. The Morgan fingerprint density at radius 3 is 2.81 bits per heavy atom. The van der Waals surface area contributed by atoms with Crippen LogP contribution in [0.4, 0.5) is 5.69 Å². The molecular formula is C21H28N2O4. The third-order valence-corrected chi connectivity index (χ3v) is 5.59. The second-order valence-electron chi connectivity index (χ2n) is 7.91. The molecule has 2 heterocycles. The number of hydrogen-bond donors (Lipinski definition) is 1. The third-order valence-electron chi connectivity index (χ3n) is 5.59. The zero-order chi connectivity index (χ0) is 19.0. The molecule has 2 atom stereocenters. The molecule has 4 rings (SSSR count). The summed E-state index contributed by atoms with van der Waals surface area (Å²) in [5.41, 5.74) is 1.77. The Bertz CT molecular complexity index is 744. The molecule has 27 heavy (non-hydrogen) atoms. The normalized spacial score (nSPS) is 24.1. The van der Waals surface area contributed by atoms with Gasteiger partial charge in [0.2, 0.25) is 11.8 Å². The smallest absolute Gasteiger partial charge is 0.229 e. The van der Waals surface area contributed by atoms with E-state index in [4.69, 9.17) is 9.47 Å². The van der Waals surface area contributed by atoms with Gasteiger partial charge in [-0.25, -0.2) is 0 Å². The lowest BCUT2D eigenvalue weighted by atomic mass is 9.96.